The summed E-state index contributed by atoms with van der Waals surface area (Å²) in [6.07, 6.45) is 8.61. The van der Waals surface area contributed by atoms with Gasteiger partial charge >= 0.3 is 0 Å². The van der Waals surface area contributed by atoms with Crippen LogP contribution < -0.4 is 9.47 Å². The van der Waals surface area contributed by atoms with Crippen LogP contribution in [0.1, 0.15) is 29.0 Å². The lowest BCUT2D eigenvalue weighted by Crippen LogP contribution is -2.36. The summed E-state index contributed by atoms with van der Waals surface area (Å²) in [5, 5.41) is 0. The van der Waals surface area contributed by atoms with Crippen molar-refractivity contribution in [2.45, 2.75) is 19.4 Å². The number of carbonyl (C=O) groups excluding carboxylic acids is 1. The number of rotatable bonds is 5. The standard InChI is InChI=1S/C21H21NO4/c23-21(19-2-1-7-24-19)22(12-17-9-14-3-5-16(17)8-14)11-15-4-6-18-20(10-15)26-13-25-18/h1-7,10,14,16-17H,8-9,11-13H2/t14-,16-,17-/m0/s1. The zero-order valence-electron chi connectivity index (χ0n) is 14.5. The van der Waals surface area contributed by atoms with Gasteiger partial charge < -0.3 is 18.8 Å². The number of fused-ring (bicyclic) bond motifs is 3. The lowest BCUT2D eigenvalue weighted by molar-refractivity contribution is 0.0672. The molecule has 0 unspecified atom stereocenters. The molecule has 5 rings (SSSR count). The molecule has 3 aliphatic rings. The van der Waals surface area contributed by atoms with E-state index in [1.807, 2.05) is 23.1 Å². The second kappa shape index (κ2) is 6.24. The van der Waals surface area contributed by atoms with E-state index in [1.54, 1.807) is 18.4 Å². The number of hydrogen-bond acceptors (Lipinski definition) is 4. The number of carbonyl (C=O) groups is 1. The number of hydrogen-bond donors (Lipinski definition) is 0. The molecule has 2 aliphatic carbocycles. The van der Waals surface area contributed by atoms with Crippen molar-refractivity contribution in [2.24, 2.45) is 17.8 Å². The van der Waals surface area contributed by atoms with Crippen molar-refractivity contribution in [3.8, 4) is 11.5 Å². The third-order valence-corrected chi connectivity index (χ3v) is 5.70. The molecule has 0 spiro atoms. The molecule has 2 aromatic rings. The molecule has 5 nitrogen and oxygen atoms in total. The molecular formula is C21H21NO4. The fraction of sp³-hybridized carbons (Fsp3) is 0.381. The Labute approximate surface area is 152 Å². The molecule has 0 radical (unpaired) electrons. The summed E-state index contributed by atoms with van der Waals surface area (Å²) < 4.78 is 16.2. The van der Waals surface area contributed by atoms with Crippen LogP contribution in [0.2, 0.25) is 0 Å². The van der Waals surface area contributed by atoms with E-state index < -0.39 is 0 Å². The number of benzene rings is 1. The normalized spacial score (nSPS) is 25.0. The van der Waals surface area contributed by atoms with E-state index in [0.29, 0.717) is 30.1 Å². The van der Waals surface area contributed by atoms with Gasteiger partial charge in [-0.15, -0.1) is 0 Å². The summed E-state index contributed by atoms with van der Waals surface area (Å²) in [7, 11) is 0. The molecule has 2 bridgehead atoms. The van der Waals surface area contributed by atoms with Crippen molar-refractivity contribution in [3.05, 3.63) is 60.1 Å². The summed E-state index contributed by atoms with van der Waals surface area (Å²) in [5.41, 5.74) is 1.04. The van der Waals surface area contributed by atoms with Gasteiger partial charge in [0.05, 0.1) is 6.26 Å². The van der Waals surface area contributed by atoms with Gasteiger partial charge in [0.25, 0.3) is 5.91 Å². The minimum absolute atomic E-state index is 0.0561. The zero-order chi connectivity index (χ0) is 17.5. The van der Waals surface area contributed by atoms with Crippen LogP contribution in [0.25, 0.3) is 0 Å². The number of amides is 1. The summed E-state index contributed by atoms with van der Waals surface area (Å²) in [6.45, 7) is 1.54. The molecule has 0 saturated heterocycles. The van der Waals surface area contributed by atoms with Crippen molar-refractivity contribution >= 4 is 5.91 Å². The molecule has 1 aromatic heterocycles. The van der Waals surface area contributed by atoms with E-state index in [1.165, 1.54) is 12.8 Å². The van der Waals surface area contributed by atoms with Crippen LogP contribution in [-0.4, -0.2) is 24.1 Å². The SMILES string of the molecule is O=C(c1ccco1)N(Cc1ccc2c(c1)OCO2)C[C@@H]1C[C@H]2C=C[C@H]1C2. The highest BCUT2D eigenvalue weighted by Crippen LogP contribution is 2.44. The van der Waals surface area contributed by atoms with E-state index in [0.717, 1.165) is 23.6 Å². The number of furan rings is 1. The average molecular weight is 351 g/mol. The van der Waals surface area contributed by atoms with Gasteiger partial charge in [0, 0.05) is 13.1 Å². The van der Waals surface area contributed by atoms with Crippen molar-refractivity contribution < 1.29 is 18.7 Å². The fourth-order valence-corrected chi connectivity index (χ4v) is 4.42. The van der Waals surface area contributed by atoms with Gasteiger partial charge in [-0.2, -0.15) is 0 Å². The van der Waals surface area contributed by atoms with Gasteiger partial charge in [0.15, 0.2) is 17.3 Å². The van der Waals surface area contributed by atoms with Crippen LogP contribution in [0, 0.1) is 17.8 Å². The Bertz CT molecular complexity index is 842. The van der Waals surface area contributed by atoms with E-state index in [-0.39, 0.29) is 12.7 Å². The molecule has 1 aliphatic heterocycles. The monoisotopic (exact) mass is 351 g/mol. The minimum atomic E-state index is -0.0561. The topological polar surface area (TPSA) is 51.9 Å². The van der Waals surface area contributed by atoms with Gasteiger partial charge in [-0.1, -0.05) is 18.2 Å². The Kier molecular flexibility index (Phi) is 3.73. The Morgan fingerprint density at radius 1 is 1.12 bits per heavy atom. The van der Waals surface area contributed by atoms with Gasteiger partial charge in [-0.3, -0.25) is 4.79 Å². The maximum Gasteiger partial charge on any atom is 0.289 e. The first-order chi connectivity index (χ1) is 12.8. The first kappa shape index (κ1) is 15.6. The Balaban J connectivity index is 1.38. The highest BCUT2D eigenvalue weighted by Gasteiger charge is 2.37. The van der Waals surface area contributed by atoms with Crippen LogP contribution >= 0.6 is 0 Å². The van der Waals surface area contributed by atoms with Crippen LogP contribution in [0.15, 0.2) is 53.2 Å². The first-order valence-corrected chi connectivity index (χ1v) is 9.16. The minimum Gasteiger partial charge on any atom is -0.459 e. The summed E-state index contributed by atoms with van der Waals surface area (Å²) in [4.78, 5) is 14.9. The molecular weight excluding hydrogens is 330 g/mol. The van der Waals surface area contributed by atoms with Gasteiger partial charge in [0.1, 0.15) is 0 Å². The quantitative estimate of drug-likeness (QED) is 0.768. The van der Waals surface area contributed by atoms with Crippen LogP contribution in [0.3, 0.4) is 0 Å². The van der Waals surface area contributed by atoms with E-state index in [2.05, 4.69) is 12.2 Å². The third-order valence-electron chi connectivity index (χ3n) is 5.70. The number of allylic oxidation sites excluding steroid dienone is 2. The van der Waals surface area contributed by atoms with E-state index in [9.17, 15) is 4.79 Å². The van der Waals surface area contributed by atoms with Crippen molar-refractivity contribution in [2.75, 3.05) is 13.3 Å². The molecule has 26 heavy (non-hydrogen) atoms. The van der Waals surface area contributed by atoms with Crippen LogP contribution in [0.4, 0.5) is 0 Å². The van der Waals surface area contributed by atoms with Gasteiger partial charge in [-0.25, -0.2) is 0 Å². The average Bonchev–Trinajstić information content (AvgIpc) is 3.44. The van der Waals surface area contributed by atoms with Gasteiger partial charge in [0.2, 0.25) is 6.79 Å². The highest BCUT2D eigenvalue weighted by molar-refractivity contribution is 5.91. The second-order valence-electron chi connectivity index (χ2n) is 7.39. The third kappa shape index (κ3) is 2.77. The van der Waals surface area contributed by atoms with E-state index in [4.69, 9.17) is 13.9 Å². The lowest BCUT2D eigenvalue weighted by Gasteiger charge is -2.28. The molecule has 3 atom stereocenters. The second-order valence-corrected chi connectivity index (χ2v) is 7.39. The molecule has 0 N–H and O–H groups in total. The van der Waals surface area contributed by atoms with E-state index >= 15 is 0 Å². The van der Waals surface area contributed by atoms with Crippen LogP contribution in [-0.2, 0) is 6.54 Å². The summed E-state index contributed by atoms with van der Waals surface area (Å²) >= 11 is 0. The number of ether oxygens (including phenoxy) is 2. The zero-order valence-corrected chi connectivity index (χ0v) is 14.5. The first-order valence-electron chi connectivity index (χ1n) is 9.16. The Morgan fingerprint density at radius 2 is 2.04 bits per heavy atom. The fourth-order valence-electron chi connectivity index (χ4n) is 4.42. The van der Waals surface area contributed by atoms with Crippen molar-refractivity contribution in [1.82, 2.24) is 4.90 Å². The van der Waals surface area contributed by atoms with Crippen molar-refractivity contribution in [3.63, 3.8) is 0 Å². The van der Waals surface area contributed by atoms with Crippen LogP contribution in [0.5, 0.6) is 11.5 Å². The molecule has 1 aromatic carbocycles. The molecule has 2 heterocycles. The largest absolute Gasteiger partial charge is 0.459 e. The predicted molar refractivity (Wildman–Crippen MR) is 94.9 cm³/mol. The molecule has 5 heteroatoms. The summed E-state index contributed by atoms with van der Waals surface area (Å²) in [6, 6.07) is 9.36. The number of nitrogens with zero attached hydrogens (tertiary/aromatic N) is 1. The Hall–Kier alpha value is -2.69. The molecule has 1 fully saturated rings. The Morgan fingerprint density at radius 3 is 2.81 bits per heavy atom. The summed E-state index contributed by atoms with van der Waals surface area (Å²) in [5.74, 6) is 3.66. The molecule has 134 valence electrons. The maximum atomic E-state index is 13.0. The molecule has 1 saturated carbocycles. The predicted octanol–water partition coefficient (Wildman–Crippen LogP) is 3.86. The lowest BCUT2D eigenvalue weighted by atomic mass is 9.93. The smallest absolute Gasteiger partial charge is 0.289 e. The highest BCUT2D eigenvalue weighted by atomic mass is 16.7. The van der Waals surface area contributed by atoms with Gasteiger partial charge in [-0.05, 0) is 60.4 Å². The maximum absolute atomic E-state index is 13.0. The van der Waals surface area contributed by atoms with Crippen molar-refractivity contribution in [1.29, 1.82) is 0 Å². The molecule has 1 amide bonds.